The summed E-state index contributed by atoms with van der Waals surface area (Å²) in [5, 5.41) is 15.0. The number of hydrogen-bond acceptors (Lipinski definition) is 4. The van der Waals surface area contributed by atoms with E-state index < -0.39 is 29.1 Å². The van der Waals surface area contributed by atoms with E-state index in [9.17, 15) is 19.5 Å². The number of carboxylic acids is 1. The lowest BCUT2D eigenvalue weighted by atomic mass is 9.83. The smallest absolute Gasteiger partial charge is 0.408 e. The van der Waals surface area contributed by atoms with Crippen molar-refractivity contribution in [1.82, 2.24) is 10.6 Å². The Kier molecular flexibility index (Phi) is 6.62. The molecule has 0 spiro atoms. The second-order valence-electron chi connectivity index (χ2n) is 10.9. The number of amides is 2. The number of aliphatic carboxylic acids is 1. The van der Waals surface area contributed by atoms with Crippen LogP contribution in [0.25, 0.3) is 11.1 Å². The normalized spacial score (nSPS) is 17.5. The van der Waals surface area contributed by atoms with Crippen molar-refractivity contribution in [1.29, 1.82) is 0 Å². The van der Waals surface area contributed by atoms with Gasteiger partial charge in [-0.2, -0.15) is 0 Å². The Morgan fingerprint density at radius 1 is 0.971 bits per heavy atom. The molecule has 2 aromatic rings. The summed E-state index contributed by atoms with van der Waals surface area (Å²) in [5.41, 5.74) is 2.89. The van der Waals surface area contributed by atoms with Gasteiger partial charge in [0.05, 0.1) is 6.42 Å². The quantitative estimate of drug-likeness (QED) is 0.510. The van der Waals surface area contributed by atoms with Crippen LogP contribution >= 0.6 is 0 Å². The fourth-order valence-electron chi connectivity index (χ4n) is 4.91. The minimum absolute atomic E-state index is 0.0200. The molecule has 7 heteroatoms. The standard InChI is InChI=1S/C28H34N2O5/c1-27(2,3)23(15-24(31)32)29-25(33)28(4,17-13-14-17)30-26(34)35-16-22-20-11-7-5-9-18(20)19-10-6-8-12-21(19)22/h5-12,17,22-23H,13-16H2,1-4H3,(H,29,33)(H,30,34)(H,31,32). The molecule has 4 rings (SSSR count). The highest BCUT2D eigenvalue weighted by atomic mass is 16.5. The molecule has 1 fully saturated rings. The van der Waals surface area contributed by atoms with Crippen LogP contribution in [0.4, 0.5) is 4.79 Å². The van der Waals surface area contributed by atoms with Crippen molar-refractivity contribution in [2.24, 2.45) is 11.3 Å². The molecular formula is C28H34N2O5. The SMILES string of the molecule is CC(C)(C)C(CC(=O)O)NC(=O)C(C)(NC(=O)OCC1c2ccccc2-c2ccccc21)C1CC1. The van der Waals surface area contributed by atoms with Gasteiger partial charge in [-0.15, -0.1) is 0 Å². The summed E-state index contributed by atoms with van der Waals surface area (Å²) in [4.78, 5) is 37.6. The lowest BCUT2D eigenvalue weighted by Gasteiger charge is -2.35. The van der Waals surface area contributed by atoms with Gasteiger partial charge in [-0.25, -0.2) is 4.79 Å². The molecule has 0 bridgehead atoms. The van der Waals surface area contributed by atoms with E-state index in [-0.39, 0.29) is 30.8 Å². The van der Waals surface area contributed by atoms with Crippen molar-refractivity contribution in [2.75, 3.05) is 6.61 Å². The molecule has 3 N–H and O–H groups in total. The molecule has 0 radical (unpaired) electrons. The maximum atomic E-state index is 13.3. The van der Waals surface area contributed by atoms with Crippen molar-refractivity contribution in [3.8, 4) is 11.1 Å². The minimum atomic E-state index is -1.18. The molecule has 2 atom stereocenters. The molecule has 7 nitrogen and oxygen atoms in total. The van der Waals surface area contributed by atoms with Gasteiger partial charge in [0.25, 0.3) is 0 Å². The summed E-state index contributed by atoms with van der Waals surface area (Å²) in [7, 11) is 0. The average Bonchev–Trinajstić information content (AvgIpc) is 3.60. The molecule has 2 aliphatic rings. The Balaban J connectivity index is 1.45. The fourth-order valence-corrected chi connectivity index (χ4v) is 4.91. The van der Waals surface area contributed by atoms with Crippen LogP contribution in [0.15, 0.2) is 48.5 Å². The Labute approximate surface area is 206 Å². The van der Waals surface area contributed by atoms with Gasteiger partial charge in [-0.05, 0) is 53.4 Å². The van der Waals surface area contributed by atoms with E-state index in [1.807, 2.05) is 45.0 Å². The second kappa shape index (κ2) is 9.36. The van der Waals surface area contributed by atoms with Gasteiger partial charge < -0.3 is 20.5 Å². The number of alkyl carbamates (subject to hydrolysis) is 1. The molecule has 0 heterocycles. The van der Waals surface area contributed by atoms with Gasteiger partial charge in [0.1, 0.15) is 12.1 Å². The zero-order valence-electron chi connectivity index (χ0n) is 20.8. The third-order valence-corrected chi connectivity index (χ3v) is 7.30. The van der Waals surface area contributed by atoms with Crippen LogP contribution < -0.4 is 10.6 Å². The molecule has 0 saturated heterocycles. The first-order valence-corrected chi connectivity index (χ1v) is 12.2. The summed E-state index contributed by atoms with van der Waals surface area (Å²) in [6, 6.07) is 15.6. The number of rotatable bonds is 8. The van der Waals surface area contributed by atoms with E-state index >= 15 is 0 Å². The van der Waals surface area contributed by atoms with Gasteiger partial charge in [-0.3, -0.25) is 9.59 Å². The number of hydrogen-bond donors (Lipinski definition) is 3. The molecule has 186 valence electrons. The predicted octanol–water partition coefficient (Wildman–Crippen LogP) is 4.70. The minimum Gasteiger partial charge on any atom is -0.481 e. The van der Waals surface area contributed by atoms with E-state index in [2.05, 4.69) is 34.9 Å². The number of carboxylic acid groups (broad SMARTS) is 1. The van der Waals surface area contributed by atoms with Crippen LogP contribution in [0.2, 0.25) is 0 Å². The van der Waals surface area contributed by atoms with Crippen molar-refractivity contribution in [3.05, 3.63) is 59.7 Å². The highest BCUT2D eigenvalue weighted by molar-refractivity contribution is 5.91. The van der Waals surface area contributed by atoms with Crippen LogP contribution in [-0.2, 0) is 14.3 Å². The molecule has 2 amide bonds. The molecule has 35 heavy (non-hydrogen) atoms. The zero-order valence-corrected chi connectivity index (χ0v) is 20.8. The van der Waals surface area contributed by atoms with Gasteiger partial charge in [0.2, 0.25) is 5.91 Å². The highest BCUT2D eigenvalue weighted by Gasteiger charge is 2.50. The molecule has 1 saturated carbocycles. The Bertz CT molecular complexity index is 1090. The Morgan fingerprint density at radius 3 is 2.00 bits per heavy atom. The lowest BCUT2D eigenvalue weighted by Crippen LogP contribution is -2.61. The lowest BCUT2D eigenvalue weighted by molar-refractivity contribution is -0.139. The van der Waals surface area contributed by atoms with Crippen LogP contribution in [0, 0.1) is 11.3 Å². The van der Waals surface area contributed by atoms with Gasteiger partial charge >= 0.3 is 12.1 Å². The number of benzene rings is 2. The second-order valence-corrected chi connectivity index (χ2v) is 10.9. The fraction of sp³-hybridized carbons (Fsp3) is 0.464. The maximum Gasteiger partial charge on any atom is 0.408 e. The van der Waals surface area contributed by atoms with Crippen LogP contribution in [-0.4, -0.2) is 41.3 Å². The summed E-state index contributed by atoms with van der Waals surface area (Å²) >= 11 is 0. The molecule has 2 aromatic carbocycles. The third-order valence-electron chi connectivity index (χ3n) is 7.30. The molecule has 0 aromatic heterocycles. The maximum absolute atomic E-state index is 13.3. The van der Waals surface area contributed by atoms with E-state index in [4.69, 9.17) is 4.74 Å². The van der Waals surface area contributed by atoms with Crippen molar-refractivity contribution in [2.45, 2.75) is 64.5 Å². The first-order chi connectivity index (χ1) is 16.5. The van der Waals surface area contributed by atoms with Gasteiger partial charge in [0.15, 0.2) is 0 Å². The zero-order chi connectivity index (χ0) is 25.4. The first kappa shape index (κ1) is 24.8. The Hall–Kier alpha value is -3.35. The number of ether oxygens (including phenoxy) is 1. The predicted molar refractivity (Wildman–Crippen MR) is 133 cm³/mol. The van der Waals surface area contributed by atoms with Crippen LogP contribution in [0.3, 0.4) is 0 Å². The number of fused-ring (bicyclic) bond motifs is 3. The van der Waals surface area contributed by atoms with E-state index in [1.54, 1.807) is 6.92 Å². The van der Waals surface area contributed by atoms with Crippen LogP contribution in [0.5, 0.6) is 0 Å². The van der Waals surface area contributed by atoms with Crippen molar-refractivity contribution >= 4 is 18.0 Å². The molecule has 2 aliphatic carbocycles. The van der Waals surface area contributed by atoms with Gasteiger partial charge in [-0.1, -0.05) is 69.3 Å². The van der Waals surface area contributed by atoms with E-state index in [1.165, 1.54) is 0 Å². The largest absolute Gasteiger partial charge is 0.481 e. The Morgan fingerprint density at radius 2 is 1.51 bits per heavy atom. The van der Waals surface area contributed by atoms with E-state index in [0.717, 1.165) is 35.1 Å². The number of carbonyl (C=O) groups is 3. The average molecular weight is 479 g/mol. The molecular weight excluding hydrogens is 444 g/mol. The topological polar surface area (TPSA) is 105 Å². The van der Waals surface area contributed by atoms with Crippen molar-refractivity contribution in [3.63, 3.8) is 0 Å². The summed E-state index contributed by atoms with van der Waals surface area (Å²) in [5.74, 6) is -1.46. The first-order valence-electron chi connectivity index (χ1n) is 12.2. The van der Waals surface area contributed by atoms with Gasteiger partial charge in [0, 0.05) is 12.0 Å². The summed E-state index contributed by atoms with van der Waals surface area (Å²) < 4.78 is 5.68. The van der Waals surface area contributed by atoms with Crippen molar-refractivity contribution < 1.29 is 24.2 Å². The summed E-state index contributed by atoms with van der Waals surface area (Å²) in [6.45, 7) is 7.50. The third kappa shape index (κ3) is 5.19. The van der Waals surface area contributed by atoms with E-state index in [0.29, 0.717) is 0 Å². The van der Waals surface area contributed by atoms with Crippen LogP contribution in [0.1, 0.15) is 64.0 Å². The monoisotopic (exact) mass is 478 g/mol. The highest BCUT2D eigenvalue weighted by Crippen LogP contribution is 2.45. The molecule has 2 unspecified atom stereocenters. The molecule has 0 aliphatic heterocycles. The summed E-state index contributed by atoms with van der Waals surface area (Å²) in [6.07, 6.45) is 0.780. The number of nitrogens with one attached hydrogen (secondary N) is 2. The number of carbonyl (C=O) groups excluding carboxylic acids is 2.